The standard InChI is InChI=1S/C4H6O2.C2H6O/c1-2-3-4(5)6;1-3-2/h4-6H,1H3;1-2H3. The molecule has 0 heterocycles. The number of hydrogen-bond donors (Lipinski definition) is 2. The van der Waals surface area contributed by atoms with Gasteiger partial charge < -0.3 is 14.9 Å². The lowest BCUT2D eigenvalue weighted by atomic mass is 10.6. The van der Waals surface area contributed by atoms with E-state index in [1.54, 1.807) is 21.1 Å². The summed E-state index contributed by atoms with van der Waals surface area (Å²) in [6, 6.07) is 0. The van der Waals surface area contributed by atoms with Crippen LogP contribution in [0.25, 0.3) is 0 Å². The molecular weight excluding hydrogens is 120 g/mol. The van der Waals surface area contributed by atoms with Crippen LogP contribution in [0.4, 0.5) is 0 Å². The van der Waals surface area contributed by atoms with Crippen molar-refractivity contribution in [2.24, 2.45) is 0 Å². The molecule has 9 heavy (non-hydrogen) atoms. The molecule has 2 N–H and O–H groups in total. The summed E-state index contributed by atoms with van der Waals surface area (Å²) < 4.78 is 4.25. The fourth-order valence-corrected chi connectivity index (χ4v) is 0.129. The zero-order chi connectivity index (χ0) is 7.70. The van der Waals surface area contributed by atoms with Gasteiger partial charge in [0.25, 0.3) is 0 Å². The molecular formula is C6H12O3. The molecule has 0 aromatic carbocycles. The van der Waals surface area contributed by atoms with Crippen LogP contribution < -0.4 is 0 Å². The van der Waals surface area contributed by atoms with Gasteiger partial charge in [-0.25, -0.2) is 0 Å². The van der Waals surface area contributed by atoms with Crippen LogP contribution >= 0.6 is 0 Å². The van der Waals surface area contributed by atoms with E-state index in [2.05, 4.69) is 16.6 Å². The van der Waals surface area contributed by atoms with E-state index in [-0.39, 0.29) is 0 Å². The minimum absolute atomic E-state index is 1.46. The Kier molecular flexibility index (Phi) is 13.1. The highest BCUT2D eigenvalue weighted by molar-refractivity contribution is 4.96. The summed E-state index contributed by atoms with van der Waals surface area (Å²) in [5.74, 6) is 4.39. The molecule has 0 unspecified atom stereocenters. The van der Waals surface area contributed by atoms with E-state index in [4.69, 9.17) is 10.2 Å². The summed E-state index contributed by atoms with van der Waals surface area (Å²) in [6.45, 7) is 1.54. The van der Waals surface area contributed by atoms with Gasteiger partial charge in [-0.05, 0) is 12.8 Å². The maximum atomic E-state index is 7.93. The SMILES string of the molecule is CC#CC(O)O.COC. The maximum Gasteiger partial charge on any atom is 0.217 e. The highest BCUT2D eigenvalue weighted by atomic mass is 16.5. The molecule has 3 heteroatoms. The van der Waals surface area contributed by atoms with E-state index >= 15 is 0 Å². The molecule has 0 aromatic heterocycles. The number of aliphatic hydroxyl groups is 2. The molecule has 54 valence electrons. The largest absolute Gasteiger partial charge is 0.388 e. The molecule has 0 rings (SSSR count). The Morgan fingerprint density at radius 1 is 1.33 bits per heavy atom. The van der Waals surface area contributed by atoms with Crippen molar-refractivity contribution >= 4 is 0 Å². The molecule has 3 nitrogen and oxygen atoms in total. The zero-order valence-electron chi connectivity index (χ0n) is 5.88. The third-order valence-electron chi connectivity index (χ3n) is 0.273. The van der Waals surface area contributed by atoms with Crippen molar-refractivity contribution < 1.29 is 14.9 Å². The fraction of sp³-hybridized carbons (Fsp3) is 0.667. The molecule has 0 atom stereocenters. The van der Waals surface area contributed by atoms with Crippen LogP contribution in [0, 0.1) is 11.8 Å². The molecule has 0 saturated heterocycles. The van der Waals surface area contributed by atoms with Gasteiger partial charge in [0.1, 0.15) is 0 Å². The Morgan fingerprint density at radius 2 is 1.67 bits per heavy atom. The minimum atomic E-state index is -1.46. The molecule has 0 spiro atoms. The van der Waals surface area contributed by atoms with Crippen LogP contribution in [-0.2, 0) is 4.74 Å². The highest BCUT2D eigenvalue weighted by Gasteiger charge is 1.79. The van der Waals surface area contributed by atoms with Crippen LogP contribution in [0.1, 0.15) is 6.92 Å². The van der Waals surface area contributed by atoms with E-state index in [9.17, 15) is 0 Å². The normalized spacial score (nSPS) is 6.89. The van der Waals surface area contributed by atoms with Crippen LogP contribution in [0.5, 0.6) is 0 Å². The van der Waals surface area contributed by atoms with Crippen molar-refractivity contribution in [3.63, 3.8) is 0 Å². The van der Waals surface area contributed by atoms with Crippen LogP contribution in [0.3, 0.4) is 0 Å². The van der Waals surface area contributed by atoms with Gasteiger partial charge in [0.2, 0.25) is 6.29 Å². The minimum Gasteiger partial charge on any atom is -0.388 e. The first kappa shape index (κ1) is 11.3. The zero-order valence-corrected chi connectivity index (χ0v) is 5.88. The Labute approximate surface area is 55.3 Å². The summed E-state index contributed by atoms with van der Waals surface area (Å²) in [5, 5.41) is 15.9. The monoisotopic (exact) mass is 132 g/mol. The van der Waals surface area contributed by atoms with Gasteiger partial charge in [-0.3, -0.25) is 0 Å². The molecule has 0 bridgehead atoms. The van der Waals surface area contributed by atoms with E-state index in [0.717, 1.165) is 0 Å². The summed E-state index contributed by atoms with van der Waals surface area (Å²) in [5.41, 5.74) is 0. The van der Waals surface area contributed by atoms with Crippen LogP contribution in [-0.4, -0.2) is 30.7 Å². The molecule has 0 amide bonds. The molecule has 0 aliphatic rings. The second kappa shape index (κ2) is 10.4. The smallest absolute Gasteiger partial charge is 0.217 e. The van der Waals surface area contributed by atoms with Gasteiger partial charge in [-0.2, -0.15) is 0 Å². The van der Waals surface area contributed by atoms with Crippen molar-refractivity contribution in [2.45, 2.75) is 13.2 Å². The van der Waals surface area contributed by atoms with Crippen molar-refractivity contribution in [1.29, 1.82) is 0 Å². The fourth-order valence-electron chi connectivity index (χ4n) is 0.129. The topological polar surface area (TPSA) is 49.7 Å². The number of aliphatic hydroxyl groups excluding tert-OH is 1. The van der Waals surface area contributed by atoms with E-state index in [0.29, 0.717) is 0 Å². The average Bonchev–Trinajstić information content (AvgIpc) is 1.67. The molecule has 0 aromatic rings. The van der Waals surface area contributed by atoms with Gasteiger partial charge in [0.05, 0.1) is 0 Å². The molecule has 0 saturated carbocycles. The Balaban J connectivity index is 0. The summed E-state index contributed by atoms with van der Waals surface area (Å²) in [6.07, 6.45) is -1.46. The van der Waals surface area contributed by atoms with E-state index in [1.807, 2.05) is 0 Å². The predicted octanol–water partition coefficient (Wildman–Crippen LogP) is -0.417. The van der Waals surface area contributed by atoms with Gasteiger partial charge in [0, 0.05) is 14.2 Å². The number of hydrogen-bond acceptors (Lipinski definition) is 3. The van der Waals surface area contributed by atoms with Crippen LogP contribution in [0.15, 0.2) is 0 Å². The first-order valence-electron chi connectivity index (χ1n) is 2.37. The van der Waals surface area contributed by atoms with Crippen molar-refractivity contribution in [1.82, 2.24) is 0 Å². The first-order chi connectivity index (χ1) is 4.18. The molecule has 0 aliphatic carbocycles. The Bertz CT molecular complexity index is 88.2. The van der Waals surface area contributed by atoms with Crippen molar-refractivity contribution in [3.05, 3.63) is 0 Å². The maximum absolute atomic E-state index is 7.93. The first-order valence-corrected chi connectivity index (χ1v) is 2.37. The second-order valence-corrected chi connectivity index (χ2v) is 1.18. The molecule has 0 radical (unpaired) electrons. The summed E-state index contributed by atoms with van der Waals surface area (Å²) in [7, 11) is 3.25. The number of rotatable bonds is 0. The quantitative estimate of drug-likeness (QED) is 0.348. The summed E-state index contributed by atoms with van der Waals surface area (Å²) in [4.78, 5) is 0. The third-order valence-corrected chi connectivity index (χ3v) is 0.273. The summed E-state index contributed by atoms with van der Waals surface area (Å²) >= 11 is 0. The van der Waals surface area contributed by atoms with Gasteiger partial charge in [-0.15, -0.1) is 5.92 Å². The number of ether oxygens (including phenoxy) is 1. The Morgan fingerprint density at radius 3 is 1.67 bits per heavy atom. The second-order valence-electron chi connectivity index (χ2n) is 1.18. The van der Waals surface area contributed by atoms with Crippen molar-refractivity contribution in [3.8, 4) is 11.8 Å². The molecule has 0 fully saturated rings. The average molecular weight is 132 g/mol. The van der Waals surface area contributed by atoms with Gasteiger partial charge in [0.15, 0.2) is 0 Å². The predicted molar refractivity (Wildman–Crippen MR) is 34.6 cm³/mol. The lowest BCUT2D eigenvalue weighted by Gasteiger charge is -1.82. The van der Waals surface area contributed by atoms with Gasteiger partial charge in [-0.1, -0.05) is 0 Å². The molecule has 0 aliphatic heterocycles. The Hall–Kier alpha value is -0.560. The number of methoxy groups -OCH3 is 1. The third kappa shape index (κ3) is 37.0. The van der Waals surface area contributed by atoms with Gasteiger partial charge >= 0.3 is 0 Å². The van der Waals surface area contributed by atoms with Crippen molar-refractivity contribution in [2.75, 3.05) is 14.2 Å². The van der Waals surface area contributed by atoms with E-state index < -0.39 is 6.29 Å². The van der Waals surface area contributed by atoms with Crippen LogP contribution in [0.2, 0.25) is 0 Å². The highest BCUT2D eigenvalue weighted by Crippen LogP contribution is 1.63. The lowest BCUT2D eigenvalue weighted by molar-refractivity contribution is 0.0108. The lowest BCUT2D eigenvalue weighted by Crippen LogP contribution is -1.97. The van der Waals surface area contributed by atoms with E-state index in [1.165, 1.54) is 0 Å².